The Balaban J connectivity index is 1.42. The van der Waals surface area contributed by atoms with Gasteiger partial charge in [-0.25, -0.2) is 0 Å². The molecule has 0 spiro atoms. The molecule has 0 saturated heterocycles. The lowest BCUT2D eigenvalue weighted by molar-refractivity contribution is 0.303. The molecule has 0 bridgehead atoms. The third kappa shape index (κ3) is 3.96. The Morgan fingerprint density at radius 3 is 1.32 bits per heavy atom. The van der Waals surface area contributed by atoms with Gasteiger partial charge in [0, 0.05) is 23.2 Å². The maximum absolute atomic E-state index is 6.29. The molecule has 0 radical (unpaired) electrons. The molecule has 0 saturated carbocycles. The molecule has 0 aliphatic carbocycles. The Kier molecular flexibility index (Phi) is 5.89. The summed E-state index contributed by atoms with van der Waals surface area (Å²) in [7, 11) is 0. The molecule has 34 heavy (non-hydrogen) atoms. The summed E-state index contributed by atoms with van der Waals surface area (Å²) in [4.78, 5) is 9.03. The van der Waals surface area contributed by atoms with Crippen LogP contribution in [-0.4, -0.2) is 9.97 Å². The summed E-state index contributed by atoms with van der Waals surface area (Å²) in [6, 6.07) is 20.1. The second-order valence-corrected chi connectivity index (χ2v) is 8.70. The number of ether oxygens (including phenoxy) is 2. The van der Waals surface area contributed by atoms with E-state index in [0.717, 1.165) is 33.3 Å². The number of hydrogen-bond acceptors (Lipinski definition) is 4. The van der Waals surface area contributed by atoms with Crippen LogP contribution in [-0.2, 0) is 13.2 Å². The molecule has 0 aliphatic heterocycles. The van der Waals surface area contributed by atoms with Crippen molar-refractivity contribution in [2.24, 2.45) is 0 Å². The van der Waals surface area contributed by atoms with Gasteiger partial charge in [-0.2, -0.15) is 0 Å². The van der Waals surface area contributed by atoms with E-state index in [-0.39, 0.29) is 0 Å². The van der Waals surface area contributed by atoms with Crippen LogP contribution in [0.3, 0.4) is 0 Å². The van der Waals surface area contributed by atoms with Gasteiger partial charge in [0.05, 0.1) is 0 Å². The number of fused-ring (bicyclic) bond motifs is 2. The summed E-state index contributed by atoms with van der Waals surface area (Å²) < 4.78 is 12.6. The molecular formula is C30H28N2O2. The average molecular weight is 449 g/mol. The molecule has 4 nitrogen and oxygen atoms in total. The first kappa shape index (κ1) is 21.9. The second kappa shape index (κ2) is 9.14. The molecule has 170 valence electrons. The molecule has 0 unspecified atom stereocenters. The van der Waals surface area contributed by atoms with Crippen LogP contribution in [0, 0.1) is 27.7 Å². The molecule has 3 aromatic carbocycles. The van der Waals surface area contributed by atoms with E-state index in [4.69, 9.17) is 9.47 Å². The summed E-state index contributed by atoms with van der Waals surface area (Å²) in [6.07, 6.45) is 3.61. The Labute approximate surface area is 200 Å². The Bertz CT molecular complexity index is 1350. The van der Waals surface area contributed by atoms with Gasteiger partial charge in [0.1, 0.15) is 35.7 Å². The second-order valence-electron chi connectivity index (χ2n) is 8.70. The maximum Gasteiger partial charge on any atom is 0.146 e. The predicted molar refractivity (Wildman–Crippen MR) is 138 cm³/mol. The summed E-state index contributed by atoms with van der Waals surface area (Å²) >= 11 is 0. The quantitative estimate of drug-likeness (QED) is 0.276. The van der Waals surface area contributed by atoms with Gasteiger partial charge in [-0.05, 0) is 85.3 Å². The lowest BCUT2D eigenvalue weighted by Crippen LogP contribution is -2.10. The topological polar surface area (TPSA) is 44.2 Å². The predicted octanol–water partition coefficient (Wildman–Crippen LogP) is 7.17. The van der Waals surface area contributed by atoms with Crippen LogP contribution in [0.1, 0.15) is 33.4 Å². The van der Waals surface area contributed by atoms with Crippen molar-refractivity contribution in [3.05, 3.63) is 106 Å². The number of aromatic nitrogens is 2. The van der Waals surface area contributed by atoms with Crippen molar-refractivity contribution in [2.45, 2.75) is 40.9 Å². The third-order valence-electron chi connectivity index (χ3n) is 6.87. The van der Waals surface area contributed by atoms with E-state index in [1.54, 1.807) is 12.4 Å². The molecule has 0 atom stereocenters. The molecule has 5 aromatic rings. The molecule has 2 heterocycles. The minimum absolute atomic E-state index is 0.503. The fraction of sp³-hybridized carbons (Fsp3) is 0.200. The Morgan fingerprint density at radius 1 is 0.529 bits per heavy atom. The normalized spacial score (nSPS) is 11.2. The summed E-state index contributed by atoms with van der Waals surface area (Å²) in [6.45, 7) is 9.69. The highest BCUT2D eigenvalue weighted by atomic mass is 16.5. The van der Waals surface area contributed by atoms with E-state index < -0.39 is 0 Å². The van der Waals surface area contributed by atoms with Crippen molar-refractivity contribution >= 4 is 21.8 Å². The molecular weight excluding hydrogens is 420 g/mol. The van der Waals surface area contributed by atoms with Gasteiger partial charge in [0.2, 0.25) is 0 Å². The van der Waals surface area contributed by atoms with Crippen LogP contribution in [0.4, 0.5) is 0 Å². The standard InChI is InChI=1S/C30H28N2O2/c1-19-20(2)26(18-34-28-14-6-10-24-12-8-16-32-30(24)28)22(4)21(3)25(19)17-33-27-13-5-9-23-11-7-15-31-29(23)27/h5-16H,17-18H2,1-4H3. The molecule has 0 aliphatic rings. The number of rotatable bonds is 6. The van der Waals surface area contributed by atoms with E-state index in [9.17, 15) is 0 Å². The van der Waals surface area contributed by atoms with Gasteiger partial charge < -0.3 is 9.47 Å². The zero-order chi connectivity index (χ0) is 23.7. The largest absolute Gasteiger partial charge is 0.487 e. The van der Waals surface area contributed by atoms with Gasteiger partial charge >= 0.3 is 0 Å². The summed E-state index contributed by atoms with van der Waals surface area (Å²) in [5.74, 6) is 1.62. The van der Waals surface area contributed by atoms with E-state index in [2.05, 4.69) is 61.9 Å². The first-order valence-electron chi connectivity index (χ1n) is 11.6. The first-order chi connectivity index (χ1) is 16.5. The highest BCUT2D eigenvalue weighted by Gasteiger charge is 2.17. The van der Waals surface area contributed by atoms with Crippen molar-refractivity contribution in [2.75, 3.05) is 0 Å². The third-order valence-corrected chi connectivity index (χ3v) is 6.87. The fourth-order valence-electron chi connectivity index (χ4n) is 4.59. The van der Waals surface area contributed by atoms with E-state index in [1.165, 1.54) is 33.4 Å². The number of pyridine rings is 2. The first-order valence-corrected chi connectivity index (χ1v) is 11.6. The molecule has 0 amide bonds. The van der Waals surface area contributed by atoms with Crippen LogP contribution < -0.4 is 9.47 Å². The minimum Gasteiger partial charge on any atom is -0.487 e. The highest BCUT2D eigenvalue weighted by molar-refractivity contribution is 5.84. The maximum atomic E-state index is 6.29. The minimum atomic E-state index is 0.503. The fourth-order valence-corrected chi connectivity index (χ4v) is 4.59. The summed E-state index contributed by atoms with van der Waals surface area (Å²) in [5, 5.41) is 2.16. The summed E-state index contributed by atoms with van der Waals surface area (Å²) in [5.41, 5.74) is 9.19. The number of benzene rings is 3. The lowest BCUT2D eigenvalue weighted by Gasteiger charge is -2.21. The van der Waals surface area contributed by atoms with Gasteiger partial charge in [0.15, 0.2) is 0 Å². The van der Waals surface area contributed by atoms with Gasteiger partial charge in [-0.15, -0.1) is 0 Å². The molecule has 0 fully saturated rings. The smallest absolute Gasteiger partial charge is 0.146 e. The molecule has 5 rings (SSSR count). The number of hydrogen-bond donors (Lipinski definition) is 0. The number of para-hydroxylation sites is 2. The van der Waals surface area contributed by atoms with Crippen molar-refractivity contribution < 1.29 is 9.47 Å². The number of nitrogens with zero attached hydrogens (tertiary/aromatic N) is 2. The zero-order valence-corrected chi connectivity index (χ0v) is 20.1. The molecule has 0 N–H and O–H groups in total. The van der Waals surface area contributed by atoms with Crippen LogP contribution in [0.2, 0.25) is 0 Å². The monoisotopic (exact) mass is 448 g/mol. The Morgan fingerprint density at radius 2 is 0.912 bits per heavy atom. The SMILES string of the molecule is Cc1c(C)c(COc2cccc3cccnc23)c(C)c(C)c1COc1cccc2cccnc12. The lowest BCUT2D eigenvalue weighted by atomic mass is 9.89. The highest BCUT2D eigenvalue weighted by Crippen LogP contribution is 2.31. The van der Waals surface area contributed by atoms with Gasteiger partial charge in [0.25, 0.3) is 0 Å². The van der Waals surface area contributed by atoms with Crippen LogP contribution in [0.5, 0.6) is 11.5 Å². The zero-order valence-electron chi connectivity index (χ0n) is 20.1. The van der Waals surface area contributed by atoms with Gasteiger partial charge in [-0.1, -0.05) is 36.4 Å². The van der Waals surface area contributed by atoms with E-state index >= 15 is 0 Å². The van der Waals surface area contributed by atoms with Crippen molar-refractivity contribution in [1.82, 2.24) is 9.97 Å². The molecule has 4 heteroatoms. The average Bonchev–Trinajstić information content (AvgIpc) is 2.87. The Hall–Kier alpha value is -3.92. The van der Waals surface area contributed by atoms with Crippen molar-refractivity contribution in [1.29, 1.82) is 0 Å². The van der Waals surface area contributed by atoms with Crippen LogP contribution in [0.25, 0.3) is 21.8 Å². The van der Waals surface area contributed by atoms with E-state index in [0.29, 0.717) is 13.2 Å². The van der Waals surface area contributed by atoms with Crippen molar-refractivity contribution in [3.8, 4) is 11.5 Å². The van der Waals surface area contributed by atoms with Crippen molar-refractivity contribution in [3.63, 3.8) is 0 Å². The van der Waals surface area contributed by atoms with Crippen LogP contribution >= 0.6 is 0 Å². The van der Waals surface area contributed by atoms with Crippen LogP contribution in [0.15, 0.2) is 73.1 Å². The van der Waals surface area contributed by atoms with Gasteiger partial charge in [-0.3, -0.25) is 9.97 Å². The van der Waals surface area contributed by atoms with E-state index in [1.807, 2.05) is 36.4 Å². The molecule has 2 aromatic heterocycles.